The van der Waals surface area contributed by atoms with Gasteiger partial charge in [-0.2, -0.15) is 0 Å². The van der Waals surface area contributed by atoms with Crippen molar-refractivity contribution < 1.29 is 21.6 Å². The minimum Gasteiger partial charge on any atom is -0.323 e. The van der Waals surface area contributed by atoms with E-state index in [0.29, 0.717) is 18.5 Å². The number of rotatable bonds is 6. The lowest BCUT2D eigenvalue weighted by molar-refractivity contribution is 0.105. The van der Waals surface area contributed by atoms with Crippen molar-refractivity contribution in [1.82, 2.24) is 23.5 Å². The van der Waals surface area contributed by atoms with E-state index in [1.54, 1.807) is 59.6 Å². The molecule has 0 unspecified atom stereocenters. The smallest absolute Gasteiger partial charge is 0.320 e. The molecular weight excluding hydrogens is 562 g/mol. The number of carbonyl (C=O) groups excluding carboxylic acids is 1. The van der Waals surface area contributed by atoms with Crippen molar-refractivity contribution in [3.8, 4) is 0 Å². The highest BCUT2D eigenvalue weighted by atomic mass is 32.2. The first-order chi connectivity index (χ1) is 19.2. The van der Waals surface area contributed by atoms with Crippen LogP contribution in [0.5, 0.6) is 0 Å². The number of urea groups is 1. The summed E-state index contributed by atoms with van der Waals surface area (Å²) in [5.41, 5.74) is 1.95. The zero-order chi connectivity index (χ0) is 29.7. The first kappa shape index (κ1) is 29.5. The van der Waals surface area contributed by atoms with Crippen molar-refractivity contribution in [3.05, 3.63) is 59.9 Å². The van der Waals surface area contributed by atoms with E-state index in [9.17, 15) is 21.6 Å². The molecule has 0 bridgehead atoms. The molecule has 1 aliphatic heterocycles. The summed E-state index contributed by atoms with van der Waals surface area (Å²) in [6.45, 7) is 8.10. The third-order valence-electron chi connectivity index (χ3n) is 8.49. The summed E-state index contributed by atoms with van der Waals surface area (Å²) in [5.74, 6) is 0.0849. The molecule has 10 nitrogen and oxygen atoms in total. The number of benzene rings is 1. The fourth-order valence-corrected chi connectivity index (χ4v) is 8.51. The van der Waals surface area contributed by atoms with Crippen LogP contribution in [0.1, 0.15) is 63.5 Å². The second kappa shape index (κ2) is 10.7. The molecule has 0 radical (unpaired) electrons. The second-order valence-electron chi connectivity index (χ2n) is 12.3. The van der Waals surface area contributed by atoms with Crippen molar-refractivity contribution in [2.75, 3.05) is 20.1 Å². The standard InChI is InChI=1S/C29H39N5O5S2/c1-20-8-14-23(15-9-20)41(38,39)34-19-26(25-7-6-16-30-27(25)34)21-10-12-22(13-11-21)31-40(36,37)24-17-33(18-24)28(35)32(5)29(2,3)4/h6-9,14-16,19,21-22,24,31H,10-13,17-18H2,1-5H3. The molecule has 1 aliphatic carbocycles. The van der Waals surface area contributed by atoms with Crippen molar-refractivity contribution in [1.29, 1.82) is 0 Å². The van der Waals surface area contributed by atoms with Gasteiger partial charge in [0.05, 0.1) is 4.90 Å². The zero-order valence-corrected chi connectivity index (χ0v) is 25.9. The average molecular weight is 602 g/mol. The lowest BCUT2D eigenvalue weighted by Gasteiger charge is -2.44. The Balaban J connectivity index is 1.25. The first-order valence-electron chi connectivity index (χ1n) is 14.0. The van der Waals surface area contributed by atoms with Crippen LogP contribution in [0.25, 0.3) is 11.0 Å². The number of aromatic nitrogens is 2. The molecule has 5 rings (SSSR count). The van der Waals surface area contributed by atoms with E-state index in [1.807, 2.05) is 33.8 Å². The largest absolute Gasteiger partial charge is 0.323 e. The molecule has 1 saturated heterocycles. The molecule has 3 heterocycles. The maximum Gasteiger partial charge on any atom is 0.320 e. The Morgan fingerprint density at radius 3 is 2.24 bits per heavy atom. The Morgan fingerprint density at radius 2 is 1.63 bits per heavy atom. The summed E-state index contributed by atoms with van der Waals surface area (Å²) in [4.78, 5) is 20.5. The van der Waals surface area contributed by atoms with E-state index in [0.717, 1.165) is 29.4 Å². The Bertz CT molecular complexity index is 1650. The third kappa shape index (κ3) is 5.74. The number of likely N-dealkylation sites (tertiary alicyclic amines) is 1. The van der Waals surface area contributed by atoms with Crippen LogP contribution >= 0.6 is 0 Å². The maximum absolute atomic E-state index is 13.5. The van der Waals surface area contributed by atoms with E-state index < -0.39 is 25.3 Å². The predicted molar refractivity (Wildman–Crippen MR) is 159 cm³/mol. The molecule has 2 amide bonds. The van der Waals surface area contributed by atoms with Crippen LogP contribution in [0.3, 0.4) is 0 Å². The van der Waals surface area contributed by atoms with Gasteiger partial charge in [0.1, 0.15) is 5.25 Å². The van der Waals surface area contributed by atoms with Crippen molar-refractivity contribution >= 4 is 37.1 Å². The number of hydrogen-bond donors (Lipinski definition) is 1. The highest BCUT2D eigenvalue weighted by Gasteiger charge is 2.43. The molecule has 2 fully saturated rings. The van der Waals surface area contributed by atoms with Crippen LogP contribution in [-0.2, 0) is 20.0 Å². The number of pyridine rings is 1. The number of nitrogens with one attached hydrogen (secondary N) is 1. The van der Waals surface area contributed by atoms with Crippen LogP contribution in [0, 0.1) is 6.92 Å². The van der Waals surface area contributed by atoms with Crippen LogP contribution < -0.4 is 4.72 Å². The van der Waals surface area contributed by atoms with Gasteiger partial charge in [0.15, 0.2) is 5.65 Å². The predicted octanol–water partition coefficient (Wildman–Crippen LogP) is 4.06. The normalized spacial score (nSPS) is 20.7. The van der Waals surface area contributed by atoms with E-state index in [-0.39, 0.29) is 41.5 Å². The van der Waals surface area contributed by atoms with E-state index in [4.69, 9.17) is 0 Å². The Morgan fingerprint density at radius 1 is 1.00 bits per heavy atom. The van der Waals surface area contributed by atoms with Crippen molar-refractivity contribution in [2.24, 2.45) is 0 Å². The molecule has 41 heavy (non-hydrogen) atoms. The number of hydrogen-bond acceptors (Lipinski definition) is 6. The van der Waals surface area contributed by atoms with Gasteiger partial charge in [-0.3, -0.25) is 0 Å². The molecule has 2 aliphatic rings. The monoisotopic (exact) mass is 601 g/mol. The number of aryl methyl sites for hydroxylation is 1. The molecule has 12 heteroatoms. The fraction of sp³-hybridized carbons (Fsp3) is 0.517. The Hall–Kier alpha value is -2.96. The number of sulfonamides is 1. The number of nitrogens with zero attached hydrogens (tertiary/aromatic N) is 4. The third-order valence-corrected chi connectivity index (χ3v) is 12.0. The minimum absolute atomic E-state index is 0.0849. The number of carbonyl (C=O) groups is 1. The SMILES string of the molecule is Cc1ccc(S(=O)(=O)n2cc(C3CCC(NS(=O)(=O)C4CN(C(=O)N(C)C(C)(C)C)C4)CC3)c3cccnc32)cc1. The molecular formula is C29H39N5O5S2. The molecule has 0 atom stereocenters. The zero-order valence-electron chi connectivity index (χ0n) is 24.2. The summed E-state index contributed by atoms with van der Waals surface area (Å²) in [7, 11) is -5.68. The number of amides is 2. The van der Waals surface area contributed by atoms with Gasteiger partial charge in [-0.15, -0.1) is 0 Å². The van der Waals surface area contributed by atoms with Crippen molar-refractivity contribution in [2.45, 2.75) is 81.0 Å². The molecule has 222 valence electrons. The average Bonchev–Trinajstić information content (AvgIpc) is 3.28. The van der Waals surface area contributed by atoms with Gasteiger partial charge in [0.2, 0.25) is 10.0 Å². The summed E-state index contributed by atoms with van der Waals surface area (Å²) in [5, 5.41) is 0.181. The Labute approximate surface area is 242 Å². The fourth-order valence-electron chi connectivity index (χ4n) is 5.53. The van der Waals surface area contributed by atoms with Crippen LogP contribution in [0.2, 0.25) is 0 Å². The van der Waals surface area contributed by atoms with E-state index in [1.165, 1.54) is 3.97 Å². The quantitative estimate of drug-likeness (QED) is 0.455. The number of fused-ring (bicyclic) bond motifs is 1. The second-order valence-corrected chi connectivity index (χ2v) is 16.1. The highest BCUT2D eigenvalue weighted by Crippen LogP contribution is 2.38. The highest BCUT2D eigenvalue weighted by molar-refractivity contribution is 7.90. The lowest BCUT2D eigenvalue weighted by Crippen LogP contribution is -2.63. The van der Waals surface area contributed by atoms with Gasteiger partial charge in [-0.05, 0) is 89.1 Å². The van der Waals surface area contributed by atoms with Gasteiger partial charge in [0, 0.05) is 49.5 Å². The van der Waals surface area contributed by atoms with Crippen molar-refractivity contribution in [3.63, 3.8) is 0 Å². The summed E-state index contributed by atoms with van der Waals surface area (Å²) in [6, 6.07) is 10.1. The van der Waals surface area contributed by atoms with E-state index >= 15 is 0 Å². The van der Waals surface area contributed by atoms with Gasteiger partial charge < -0.3 is 9.80 Å². The molecule has 1 saturated carbocycles. The van der Waals surface area contributed by atoms with Crippen LogP contribution in [0.4, 0.5) is 4.79 Å². The topological polar surface area (TPSA) is 122 Å². The van der Waals surface area contributed by atoms with Gasteiger partial charge >= 0.3 is 6.03 Å². The van der Waals surface area contributed by atoms with E-state index in [2.05, 4.69) is 9.71 Å². The summed E-state index contributed by atoms with van der Waals surface area (Å²) in [6.07, 6.45) is 6.01. The minimum atomic E-state index is -3.83. The molecule has 3 aromatic rings. The first-order valence-corrected chi connectivity index (χ1v) is 17.0. The van der Waals surface area contributed by atoms with Gasteiger partial charge in [-0.1, -0.05) is 17.7 Å². The molecule has 0 spiro atoms. The summed E-state index contributed by atoms with van der Waals surface area (Å²) >= 11 is 0. The Kier molecular flexibility index (Phi) is 7.71. The van der Waals surface area contributed by atoms with Crippen LogP contribution in [-0.4, -0.2) is 78.6 Å². The lowest BCUT2D eigenvalue weighted by atomic mass is 9.82. The molecule has 1 aromatic carbocycles. The molecule has 2 aromatic heterocycles. The summed E-state index contributed by atoms with van der Waals surface area (Å²) < 4.78 is 57.4. The van der Waals surface area contributed by atoms with Crippen LogP contribution in [0.15, 0.2) is 53.7 Å². The maximum atomic E-state index is 13.5. The van der Waals surface area contributed by atoms with Gasteiger partial charge in [-0.25, -0.2) is 35.3 Å². The molecule has 1 N–H and O–H groups in total. The van der Waals surface area contributed by atoms with Gasteiger partial charge in [0.25, 0.3) is 10.0 Å².